The summed E-state index contributed by atoms with van der Waals surface area (Å²) in [7, 11) is -3.10. The molecule has 0 spiro atoms. The highest BCUT2D eigenvalue weighted by Crippen LogP contribution is 2.24. The molecule has 0 radical (unpaired) electrons. The number of anilines is 1. The largest absolute Gasteiger partial charge is 0.481 e. The first kappa shape index (κ1) is 19.2. The number of likely N-dealkylation sites (tertiary alicyclic amines) is 1. The summed E-state index contributed by atoms with van der Waals surface area (Å²) in [5, 5.41) is 12.0. The van der Waals surface area contributed by atoms with Crippen LogP contribution < -0.4 is 5.32 Å². The number of nitrogens with one attached hydrogen (secondary N) is 1. The van der Waals surface area contributed by atoms with E-state index in [0.29, 0.717) is 24.2 Å². The standard InChI is InChI=1S/C17H24N2O5S/c1-3-25(23,24)11-13-4-6-14(7-5-13)18-17(22)19-9-8-12(2)15(10-19)16(20)21/h4-7,12,15H,3,8-11H2,1-2H3,(H,18,22)(H,20,21). The maximum absolute atomic E-state index is 12.3. The Balaban J connectivity index is 1.97. The molecule has 7 nitrogen and oxygen atoms in total. The molecule has 1 aromatic rings. The van der Waals surface area contributed by atoms with Gasteiger partial charge in [0.05, 0.1) is 11.7 Å². The van der Waals surface area contributed by atoms with Crippen molar-refractivity contribution >= 4 is 27.5 Å². The summed E-state index contributed by atoms with van der Waals surface area (Å²) in [6, 6.07) is 6.30. The molecule has 1 aromatic carbocycles. The van der Waals surface area contributed by atoms with E-state index >= 15 is 0 Å². The molecule has 2 N–H and O–H groups in total. The van der Waals surface area contributed by atoms with Gasteiger partial charge in [0.15, 0.2) is 9.84 Å². The number of urea groups is 1. The van der Waals surface area contributed by atoms with Crippen molar-refractivity contribution in [3.63, 3.8) is 0 Å². The number of carbonyl (C=O) groups is 2. The summed E-state index contributed by atoms with van der Waals surface area (Å²) in [6.45, 7) is 4.20. The number of aliphatic carboxylic acids is 1. The van der Waals surface area contributed by atoms with Crippen LogP contribution in [0.3, 0.4) is 0 Å². The molecule has 1 aliphatic heterocycles. The molecule has 138 valence electrons. The number of sulfone groups is 1. The second-order valence-corrected chi connectivity index (χ2v) is 8.81. The van der Waals surface area contributed by atoms with Crippen LogP contribution in [0.1, 0.15) is 25.8 Å². The predicted molar refractivity (Wildman–Crippen MR) is 95.1 cm³/mol. The predicted octanol–water partition coefficient (Wildman–Crippen LogP) is 2.20. The lowest BCUT2D eigenvalue weighted by Gasteiger charge is -2.34. The second kappa shape index (κ2) is 7.86. The number of rotatable bonds is 5. The Labute approximate surface area is 147 Å². The minimum absolute atomic E-state index is 0.0258. The minimum atomic E-state index is -3.10. The van der Waals surface area contributed by atoms with Gasteiger partial charge in [-0.05, 0) is 30.0 Å². The zero-order valence-electron chi connectivity index (χ0n) is 14.4. The number of benzene rings is 1. The van der Waals surface area contributed by atoms with Crippen LogP contribution in [-0.4, -0.2) is 49.3 Å². The molecule has 2 atom stereocenters. The van der Waals surface area contributed by atoms with Crippen LogP contribution in [0, 0.1) is 11.8 Å². The van der Waals surface area contributed by atoms with Crippen LogP contribution in [0.5, 0.6) is 0 Å². The summed E-state index contributed by atoms with van der Waals surface area (Å²) in [5.41, 5.74) is 1.21. The van der Waals surface area contributed by atoms with E-state index in [9.17, 15) is 23.1 Å². The van der Waals surface area contributed by atoms with Crippen molar-refractivity contribution in [2.24, 2.45) is 11.8 Å². The van der Waals surface area contributed by atoms with Crippen LogP contribution in [0.15, 0.2) is 24.3 Å². The minimum Gasteiger partial charge on any atom is -0.481 e. The van der Waals surface area contributed by atoms with Gasteiger partial charge in [-0.3, -0.25) is 4.79 Å². The highest BCUT2D eigenvalue weighted by molar-refractivity contribution is 7.90. The number of hydrogen-bond acceptors (Lipinski definition) is 4. The first-order valence-electron chi connectivity index (χ1n) is 8.30. The third kappa shape index (κ3) is 5.19. The Morgan fingerprint density at radius 3 is 2.48 bits per heavy atom. The van der Waals surface area contributed by atoms with E-state index in [4.69, 9.17) is 0 Å². The van der Waals surface area contributed by atoms with Crippen molar-refractivity contribution in [3.05, 3.63) is 29.8 Å². The van der Waals surface area contributed by atoms with Gasteiger partial charge in [0, 0.05) is 24.5 Å². The molecule has 2 rings (SSSR count). The molecule has 1 aliphatic rings. The van der Waals surface area contributed by atoms with E-state index < -0.39 is 21.7 Å². The van der Waals surface area contributed by atoms with Crippen molar-refractivity contribution in [3.8, 4) is 0 Å². The van der Waals surface area contributed by atoms with Gasteiger partial charge in [0.2, 0.25) is 0 Å². The fourth-order valence-corrected chi connectivity index (χ4v) is 3.72. The topological polar surface area (TPSA) is 104 Å². The van der Waals surface area contributed by atoms with Gasteiger partial charge in [-0.25, -0.2) is 13.2 Å². The molecule has 0 aromatic heterocycles. The highest BCUT2D eigenvalue weighted by Gasteiger charge is 2.33. The lowest BCUT2D eigenvalue weighted by Crippen LogP contribution is -2.47. The van der Waals surface area contributed by atoms with Gasteiger partial charge in [-0.15, -0.1) is 0 Å². The molecule has 0 bridgehead atoms. The van der Waals surface area contributed by atoms with Crippen molar-refractivity contribution in [1.82, 2.24) is 4.90 Å². The van der Waals surface area contributed by atoms with Gasteiger partial charge in [-0.1, -0.05) is 26.0 Å². The van der Waals surface area contributed by atoms with Crippen molar-refractivity contribution in [2.75, 3.05) is 24.2 Å². The molecule has 1 saturated heterocycles. The SMILES string of the molecule is CCS(=O)(=O)Cc1ccc(NC(=O)N2CCC(C)C(C(=O)O)C2)cc1. The highest BCUT2D eigenvalue weighted by atomic mass is 32.2. The number of carbonyl (C=O) groups excluding carboxylic acids is 1. The second-order valence-electron chi connectivity index (χ2n) is 6.46. The summed E-state index contributed by atoms with van der Waals surface area (Å²) >= 11 is 0. The summed E-state index contributed by atoms with van der Waals surface area (Å²) < 4.78 is 23.3. The average Bonchev–Trinajstić information content (AvgIpc) is 2.56. The lowest BCUT2D eigenvalue weighted by molar-refractivity contribution is -0.145. The van der Waals surface area contributed by atoms with Crippen molar-refractivity contribution in [1.29, 1.82) is 0 Å². The molecule has 1 heterocycles. The van der Waals surface area contributed by atoms with E-state index in [-0.39, 0.29) is 30.0 Å². The van der Waals surface area contributed by atoms with Crippen molar-refractivity contribution < 1.29 is 23.1 Å². The van der Waals surface area contributed by atoms with Crippen molar-refractivity contribution in [2.45, 2.75) is 26.0 Å². The third-order valence-corrected chi connectivity index (χ3v) is 6.25. The monoisotopic (exact) mass is 368 g/mol. The van der Waals surface area contributed by atoms with E-state index in [0.717, 1.165) is 0 Å². The first-order valence-corrected chi connectivity index (χ1v) is 10.1. The normalized spacial score (nSPS) is 21.0. The van der Waals surface area contributed by atoms with Gasteiger partial charge >= 0.3 is 12.0 Å². The molecule has 2 unspecified atom stereocenters. The fraction of sp³-hybridized carbons (Fsp3) is 0.529. The maximum atomic E-state index is 12.3. The molecule has 2 amide bonds. The summed E-state index contributed by atoms with van der Waals surface area (Å²) in [5.74, 6) is -1.33. The molecular formula is C17H24N2O5S. The number of carboxylic acid groups (broad SMARTS) is 1. The molecular weight excluding hydrogens is 344 g/mol. The van der Waals surface area contributed by atoms with E-state index in [1.165, 1.54) is 4.90 Å². The molecule has 0 saturated carbocycles. The Morgan fingerprint density at radius 2 is 1.92 bits per heavy atom. The number of hydrogen-bond donors (Lipinski definition) is 2. The van der Waals surface area contributed by atoms with Crippen LogP contribution in [0.2, 0.25) is 0 Å². The zero-order chi connectivity index (χ0) is 18.6. The van der Waals surface area contributed by atoms with E-state index in [2.05, 4.69) is 5.32 Å². The smallest absolute Gasteiger partial charge is 0.321 e. The quantitative estimate of drug-likeness (QED) is 0.829. The zero-order valence-corrected chi connectivity index (χ0v) is 15.3. The Hall–Kier alpha value is -2.09. The number of nitrogens with zero attached hydrogens (tertiary/aromatic N) is 1. The average molecular weight is 368 g/mol. The van der Waals surface area contributed by atoms with Gasteiger partial charge in [0.25, 0.3) is 0 Å². The number of piperidine rings is 1. The van der Waals surface area contributed by atoms with Crippen LogP contribution in [-0.2, 0) is 20.4 Å². The third-order valence-electron chi connectivity index (χ3n) is 4.59. The molecule has 8 heteroatoms. The molecule has 0 aliphatic carbocycles. The fourth-order valence-electron chi connectivity index (χ4n) is 2.82. The summed E-state index contributed by atoms with van der Waals surface area (Å²) in [6.07, 6.45) is 0.651. The molecule has 1 fully saturated rings. The molecule has 25 heavy (non-hydrogen) atoms. The van der Waals surface area contributed by atoms with Crippen LogP contribution >= 0.6 is 0 Å². The maximum Gasteiger partial charge on any atom is 0.321 e. The number of amides is 2. The van der Waals surface area contributed by atoms with Crippen LogP contribution in [0.4, 0.5) is 10.5 Å². The summed E-state index contributed by atoms with van der Waals surface area (Å²) in [4.78, 5) is 25.1. The first-order chi connectivity index (χ1) is 11.7. The van der Waals surface area contributed by atoms with Gasteiger partial charge in [0.1, 0.15) is 0 Å². The van der Waals surface area contributed by atoms with E-state index in [1.54, 1.807) is 31.2 Å². The Kier molecular flexibility index (Phi) is 6.05. The Morgan fingerprint density at radius 1 is 1.28 bits per heavy atom. The number of carboxylic acids is 1. The Bertz CT molecular complexity index is 730. The van der Waals surface area contributed by atoms with Gasteiger partial charge in [-0.2, -0.15) is 0 Å². The van der Waals surface area contributed by atoms with E-state index in [1.807, 2.05) is 6.92 Å². The lowest BCUT2D eigenvalue weighted by atomic mass is 9.87. The van der Waals surface area contributed by atoms with Crippen LogP contribution in [0.25, 0.3) is 0 Å². The van der Waals surface area contributed by atoms with Gasteiger partial charge < -0.3 is 15.3 Å².